The summed E-state index contributed by atoms with van der Waals surface area (Å²) in [5, 5.41) is 0. The van der Waals surface area contributed by atoms with Crippen LogP contribution in [0.25, 0.3) is 5.57 Å². The van der Waals surface area contributed by atoms with Crippen molar-refractivity contribution in [3.8, 4) is 0 Å². The highest BCUT2D eigenvalue weighted by Gasteiger charge is 2.39. The van der Waals surface area contributed by atoms with Gasteiger partial charge in [0.2, 0.25) is 5.91 Å². The smallest absolute Gasteiger partial charge is 0.261 e. The van der Waals surface area contributed by atoms with Crippen LogP contribution in [0.3, 0.4) is 0 Å². The Balaban J connectivity index is 1.61. The summed E-state index contributed by atoms with van der Waals surface area (Å²) in [4.78, 5) is 14.3. The van der Waals surface area contributed by atoms with Gasteiger partial charge in [-0.25, -0.2) is 8.78 Å². The number of fused-ring (bicyclic) bond motifs is 2. The summed E-state index contributed by atoms with van der Waals surface area (Å²) >= 11 is 0. The Labute approximate surface area is 134 Å². The number of alkyl halides is 2. The van der Waals surface area contributed by atoms with E-state index >= 15 is 0 Å². The van der Waals surface area contributed by atoms with Gasteiger partial charge in [-0.15, -0.1) is 0 Å². The lowest BCUT2D eigenvalue weighted by Gasteiger charge is -2.34. The van der Waals surface area contributed by atoms with E-state index in [1.165, 1.54) is 11.1 Å². The predicted octanol–water partition coefficient (Wildman–Crippen LogP) is 3.51. The lowest BCUT2D eigenvalue weighted by molar-refractivity contribution is -0.135. The fourth-order valence-corrected chi connectivity index (χ4v) is 3.55. The lowest BCUT2D eigenvalue weighted by Crippen LogP contribution is -2.43. The zero-order valence-corrected chi connectivity index (χ0v) is 13.0. The van der Waals surface area contributed by atoms with Crippen molar-refractivity contribution >= 4 is 11.5 Å². The van der Waals surface area contributed by atoms with Gasteiger partial charge in [-0.05, 0) is 30.4 Å². The number of benzene rings is 1. The van der Waals surface area contributed by atoms with E-state index in [0.717, 1.165) is 19.3 Å². The summed E-state index contributed by atoms with van der Waals surface area (Å²) in [7, 11) is 0. The Morgan fingerprint density at radius 1 is 1.26 bits per heavy atom. The van der Waals surface area contributed by atoms with Gasteiger partial charge in [0.15, 0.2) is 0 Å². The van der Waals surface area contributed by atoms with Gasteiger partial charge in [-0.2, -0.15) is 0 Å². The third-order valence-corrected chi connectivity index (χ3v) is 4.53. The van der Waals surface area contributed by atoms with E-state index < -0.39 is 13.0 Å². The summed E-state index contributed by atoms with van der Waals surface area (Å²) < 4.78 is 28.9. The Kier molecular flexibility index (Phi) is 5.06. The molecule has 2 atom stereocenters. The zero-order valence-electron chi connectivity index (χ0n) is 13.0. The van der Waals surface area contributed by atoms with Gasteiger partial charge in [0, 0.05) is 6.04 Å². The maximum Gasteiger partial charge on any atom is 0.261 e. The van der Waals surface area contributed by atoms with Crippen molar-refractivity contribution in [1.29, 1.82) is 0 Å². The minimum Gasteiger partial charge on any atom is -0.375 e. The van der Waals surface area contributed by atoms with E-state index in [9.17, 15) is 13.6 Å². The van der Waals surface area contributed by atoms with E-state index in [-0.39, 0.29) is 31.0 Å². The predicted molar refractivity (Wildman–Crippen MR) is 84.1 cm³/mol. The second-order valence-electron chi connectivity index (χ2n) is 6.08. The van der Waals surface area contributed by atoms with E-state index in [4.69, 9.17) is 4.74 Å². The van der Waals surface area contributed by atoms with Crippen LogP contribution < -0.4 is 0 Å². The first-order valence-corrected chi connectivity index (χ1v) is 8.08. The molecule has 5 heteroatoms. The summed E-state index contributed by atoms with van der Waals surface area (Å²) in [6.45, 7) is -0.535. The molecule has 1 aromatic rings. The van der Waals surface area contributed by atoms with Crippen molar-refractivity contribution in [3.05, 3.63) is 42.0 Å². The van der Waals surface area contributed by atoms with Gasteiger partial charge in [0.25, 0.3) is 6.43 Å². The second-order valence-corrected chi connectivity index (χ2v) is 6.08. The Morgan fingerprint density at radius 2 is 2.04 bits per heavy atom. The number of carbonyl (C=O) groups excluding carboxylic acids is 1. The van der Waals surface area contributed by atoms with Gasteiger partial charge in [0.1, 0.15) is 6.61 Å². The summed E-state index contributed by atoms with van der Waals surface area (Å²) in [6.07, 6.45) is 2.73. The first-order valence-electron chi connectivity index (χ1n) is 8.08. The van der Waals surface area contributed by atoms with E-state index in [0.29, 0.717) is 0 Å². The van der Waals surface area contributed by atoms with Crippen molar-refractivity contribution in [2.24, 2.45) is 0 Å². The van der Waals surface area contributed by atoms with E-state index in [1.807, 2.05) is 23.1 Å². The molecule has 0 N–H and O–H groups in total. The average Bonchev–Trinajstić information content (AvgIpc) is 2.82. The molecule has 3 rings (SSSR count). The highest BCUT2D eigenvalue weighted by atomic mass is 19.3. The summed E-state index contributed by atoms with van der Waals surface area (Å²) in [5.74, 6) is 0.00938. The lowest BCUT2D eigenvalue weighted by atomic mass is 9.94. The van der Waals surface area contributed by atoms with E-state index in [1.54, 1.807) is 0 Å². The molecule has 3 nitrogen and oxygen atoms in total. The molecule has 0 unspecified atom stereocenters. The highest BCUT2D eigenvalue weighted by Crippen LogP contribution is 2.38. The number of amides is 1. The Morgan fingerprint density at radius 3 is 2.74 bits per heavy atom. The van der Waals surface area contributed by atoms with Crippen LogP contribution in [-0.4, -0.2) is 42.5 Å². The SMILES string of the molecule is O=C(CCOCC(F)F)N1[C@@H]2CC[C@@H]1C=C(c1ccccc1)C2. The standard InChI is InChI=1S/C18H21F2NO2/c19-17(20)12-23-9-8-18(22)21-15-6-7-16(21)11-14(10-15)13-4-2-1-3-5-13/h1-5,10,15-17H,6-9,11-12H2/t15-,16-/m1/s1. The third-order valence-electron chi connectivity index (χ3n) is 4.53. The van der Waals surface area contributed by atoms with Crippen LogP contribution in [0.1, 0.15) is 31.2 Å². The molecular weight excluding hydrogens is 300 g/mol. The van der Waals surface area contributed by atoms with Gasteiger partial charge < -0.3 is 9.64 Å². The van der Waals surface area contributed by atoms with Crippen molar-refractivity contribution in [1.82, 2.24) is 4.90 Å². The number of hydrogen-bond donors (Lipinski definition) is 0. The largest absolute Gasteiger partial charge is 0.375 e. The minimum absolute atomic E-state index is 0.00938. The second kappa shape index (κ2) is 7.21. The molecule has 2 bridgehead atoms. The summed E-state index contributed by atoms with van der Waals surface area (Å²) in [6, 6.07) is 10.6. The molecule has 2 heterocycles. The molecule has 0 saturated carbocycles. The molecule has 2 aliphatic heterocycles. The molecule has 1 saturated heterocycles. The van der Waals surface area contributed by atoms with Gasteiger partial charge >= 0.3 is 0 Å². The van der Waals surface area contributed by atoms with Crippen LogP contribution in [0.15, 0.2) is 36.4 Å². The van der Waals surface area contributed by atoms with Crippen LogP contribution in [0.2, 0.25) is 0 Å². The molecular formula is C18H21F2NO2. The monoisotopic (exact) mass is 321 g/mol. The van der Waals surface area contributed by atoms with Crippen molar-refractivity contribution in [3.63, 3.8) is 0 Å². The third kappa shape index (κ3) is 3.78. The molecule has 2 aliphatic rings. The Bertz CT molecular complexity index is 574. The van der Waals surface area contributed by atoms with Gasteiger partial charge in [0.05, 0.1) is 19.1 Å². The maximum absolute atomic E-state index is 12.4. The molecule has 0 radical (unpaired) electrons. The van der Waals surface area contributed by atoms with Gasteiger partial charge in [-0.1, -0.05) is 36.4 Å². The molecule has 1 amide bonds. The number of carbonyl (C=O) groups is 1. The fraction of sp³-hybridized carbons (Fsp3) is 0.500. The van der Waals surface area contributed by atoms with E-state index in [2.05, 4.69) is 18.2 Å². The van der Waals surface area contributed by atoms with Crippen LogP contribution in [-0.2, 0) is 9.53 Å². The number of rotatable bonds is 6. The van der Waals surface area contributed by atoms with Crippen LogP contribution >= 0.6 is 0 Å². The molecule has 0 aromatic heterocycles. The zero-order chi connectivity index (χ0) is 16.2. The topological polar surface area (TPSA) is 29.5 Å². The highest BCUT2D eigenvalue weighted by molar-refractivity contribution is 5.80. The first kappa shape index (κ1) is 16.1. The summed E-state index contributed by atoms with van der Waals surface area (Å²) in [5.41, 5.74) is 2.52. The molecule has 0 spiro atoms. The Hall–Kier alpha value is -1.75. The molecule has 1 aromatic carbocycles. The van der Waals surface area contributed by atoms with Crippen LogP contribution in [0, 0.1) is 0 Å². The number of hydrogen-bond acceptors (Lipinski definition) is 2. The fourth-order valence-electron chi connectivity index (χ4n) is 3.55. The molecule has 0 aliphatic carbocycles. The number of halogens is 2. The molecule has 23 heavy (non-hydrogen) atoms. The van der Waals surface area contributed by atoms with Crippen LogP contribution in [0.5, 0.6) is 0 Å². The average molecular weight is 321 g/mol. The quantitative estimate of drug-likeness (QED) is 0.751. The van der Waals surface area contributed by atoms with Crippen molar-refractivity contribution in [2.75, 3.05) is 13.2 Å². The molecule has 124 valence electrons. The normalized spacial score (nSPS) is 23.3. The molecule has 1 fully saturated rings. The van der Waals surface area contributed by atoms with Crippen LogP contribution in [0.4, 0.5) is 8.78 Å². The number of nitrogens with zero attached hydrogens (tertiary/aromatic N) is 1. The van der Waals surface area contributed by atoms with Gasteiger partial charge in [-0.3, -0.25) is 4.79 Å². The van der Waals surface area contributed by atoms with Crippen molar-refractivity contribution in [2.45, 2.75) is 44.2 Å². The number of ether oxygens (including phenoxy) is 1. The maximum atomic E-state index is 12.4. The van der Waals surface area contributed by atoms with Crippen molar-refractivity contribution < 1.29 is 18.3 Å². The minimum atomic E-state index is -2.48. The first-order chi connectivity index (χ1) is 11.1.